The third-order valence-electron chi connectivity index (χ3n) is 1.84. The Kier molecular flexibility index (Phi) is 3.17. The van der Waals surface area contributed by atoms with E-state index in [4.69, 9.17) is 11.6 Å². The van der Waals surface area contributed by atoms with Crippen molar-refractivity contribution < 1.29 is 4.79 Å². The van der Waals surface area contributed by atoms with E-state index in [1.54, 1.807) is 18.2 Å². The van der Waals surface area contributed by atoms with Crippen molar-refractivity contribution in [3.63, 3.8) is 0 Å². The summed E-state index contributed by atoms with van der Waals surface area (Å²) in [4.78, 5) is 13.4. The van der Waals surface area contributed by atoms with E-state index in [0.29, 0.717) is 15.8 Å². The number of halogens is 1. The van der Waals surface area contributed by atoms with Gasteiger partial charge in [0.1, 0.15) is 0 Å². The highest BCUT2D eigenvalue weighted by Crippen LogP contribution is 2.16. The van der Waals surface area contributed by atoms with Gasteiger partial charge in [-0.2, -0.15) is 0 Å². The zero-order valence-corrected chi connectivity index (χ0v) is 9.97. The fraction of sp³-hybridized carbons (Fsp3) is 0.100. The van der Waals surface area contributed by atoms with Crippen LogP contribution >= 0.6 is 22.9 Å². The highest BCUT2D eigenvalue weighted by molar-refractivity contribution is 7.14. The molecule has 0 radical (unpaired) electrons. The first kappa shape index (κ1) is 11.0. The maximum atomic E-state index is 11.7. The highest BCUT2D eigenvalue weighted by Gasteiger charge is 2.08. The summed E-state index contributed by atoms with van der Waals surface area (Å²) in [7, 11) is 0. The number of carbonyl (C=O) groups excluding carboxylic acids is 1. The molecule has 4 nitrogen and oxygen atoms in total. The van der Waals surface area contributed by atoms with Gasteiger partial charge in [-0.25, -0.2) is 0 Å². The Hall–Kier alpha value is -1.46. The number of thiophene rings is 1. The monoisotopic (exact) mass is 253 g/mol. The molecule has 0 aliphatic heterocycles. The van der Waals surface area contributed by atoms with Crippen LogP contribution in [0.25, 0.3) is 0 Å². The van der Waals surface area contributed by atoms with Gasteiger partial charge in [-0.15, -0.1) is 21.5 Å². The van der Waals surface area contributed by atoms with Crippen LogP contribution in [0.15, 0.2) is 24.3 Å². The molecule has 0 unspecified atom stereocenters. The number of nitrogens with one attached hydrogen (secondary N) is 1. The molecule has 0 saturated carbocycles. The van der Waals surface area contributed by atoms with E-state index in [1.807, 2.05) is 13.0 Å². The maximum absolute atomic E-state index is 11.7. The summed E-state index contributed by atoms with van der Waals surface area (Å²) >= 11 is 7.02. The van der Waals surface area contributed by atoms with E-state index in [1.165, 1.54) is 11.3 Å². The van der Waals surface area contributed by atoms with Crippen molar-refractivity contribution in [1.29, 1.82) is 0 Å². The molecule has 2 aromatic heterocycles. The molecule has 1 amide bonds. The molecule has 16 heavy (non-hydrogen) atoms. The molecule has 0 aromatic carbocycles. The second-order valence-electron chi connectivity index (χ2n) is 3.11. The predicted molar refractivity (Wildman–Crippen MR) is 64.1 cm³/mol. The zero-order chi connectivity index (χ0) is 11.5. The molecule has 2 aromatic rings. The van der Waals surface area contributed by atoms with E-state index in [9.17, 15) is 4.79 Å². The number of hydrogen-bond acceptors (Lipinski definition) is 4. The first-order chi connectivity index (χ1) is 7.65. The lowest BCUT2D eigenvalue weighted by atomic mass is 10.4. The van der Waals surface area contributed by atoms with Crippen LogP contribution in [-0.4, -0.2) is 16.1 Å². The normalized spacial score (nSPS) is 10.1. The molecule has 0 spiro atoms. The first-order valence-electron chi connectivity index (χ1n) is 4.52. The van der Waals surface area contributed by atoms with Crippen molar-refractivity contribution in [2.75, 3.05) is 5.32 Å². The van der Waals surface area contributed by atoms with Crippen LogP contribution < -0.4 is 5.32 Å². The van der Waals surface area contributed by atoms with Gasteiger partial charge in [0.05, 0.1) is 4.88 Å². The number of nitrogens with zero attached hydrogens (tertiary/aromatic N) is 2. The van der Waals surface area contributed by atoms with E-state index < -0.39 is 0 Å². The van der Waals surface area contributed by atoms with Crippen LogP contribution in [0.2, 0.25) is 5.15 Å². The third-order valence-corrected chi connectivity index (χ3v) is 3.04. The molecular formula is C10H8ClN3OS. The Bertz CT molecular complexity index is 509. The number of hydrogen-bond donors (Lipinski definition) is 1. The van der Waals surface area contributed by atoms with Crippen molar-refractivity contribution in [3.8, 4) is 0 Å². The van der Waals surface area contributed by atoms with Crippen molar-refractivity contribution >= 4 is 34.7 Å². The number of aromatic nitrogens is 2. The fourth-order valence-corrected chi connectivity index (χ4v) is 1.98. The van der Waals surface area contributed by atoms with Crippen molar-refractivity contribution in [2.24, 2.45) is 0 Å². The van der Waals surface area contributed by atoms with Gasteiger partial charge < -0.3 is 5.32 Å². The van der Waals surface area contributed by atoms with Gasteiger partial charge in [0.15, 0.2) is 11.0 Å². The summed E-state index contributed by atoms with van der Waals surface area (Å²) in [6.07, 6.45) is 0. The first-order valence-corrected chi connectivity index (χ1v) is 5.71. The number of amides is 1. The molecule has 6 heteroatoms. The summed E-state index contributed by atoms with van der Waals surface area (Å²) in [5, 5.41) is 10.3. The summed E-state index contributed by atoms with van der Waals surface area (Å²) in [5.74, 6) is 0.204. The molecule has 0 bridgehead atoms. The van der Waals surface area contributed by atoms with Crippen molar-refractivity contribution in [2.45, 2.75) is 6.92 Å². The summed E-state index contributed by atoms with van der Waals surface area (Å²) < 4.78 is 0. The molecular weight excluding hydrogens is 246 g/mol. The Morgan fingerprint density at radius 1 is 1.31 bits per heavy atom. The second-order valence-corrected chi connectivity index (χ2v) is 4.78. The maximum Gasteiger partial charge on any atom is 0.266 e. The fourth-order valence-electron chi connectivity index (χ4n) is 1.12. The van der Waals surface area contributed by atoms with Crippen LogP contribution in [-0.2, 0) is 0 Å². The smallest absolute Gasteiger partial charge is 0.266 e. The van der Waals surface area contributed by atoms with E-state index in [2.05, 4.69) is 15.5 Å². The number of rotatable bonds is 2. The molecule has 82 valence electrons. The number of anilines is 1. The van der Waals surface area contributed by atoms with Gasteiger partial charge in [0.25, 0.3) is 5.91 Å². The summed E-state index contributed by atoms with van der Waals surface area (Å²) in [5.41, 5.74) is 0. The van der Waals surface area contributed by atoms with Gasteiger partial charge >= 0.3 is 0 Å². The van der Waals surface area contributed by atoms with Crippen molar-refractivity contribution in [3.05, 3.63) is 39.2 Å². The lowest BCUT2D eigenvalue weighted by molar-refractivity contribution is 0.103. The van der Waals surface area contributed by atoms with E-state index >= 15 is 0 Å². The number of aryl methyl sites for hydroxylation is 1. The van der Waals surface area contributed by atoms with Gasteiger partial charge in [0.2, 0.25) is 0 Å². The van der Waals surface area contributed by atoms with Gasteiger partial charge in [-0.05, 0) is 31.2 Å². The molecule has 2 heterocycles. The van der Waals surface area contributed by atoms with E-state index in [0.717, 1.165) is 4.88 Å². The highest BCUT2D eigenvalue weighted by atomic mass is 35.5. The molecule has 0 aliphatic carbocycles. The Balaban J connectivity index is 2.10. The summed E-state index contributed by atoms with van der Waals surface area (Å²) in [6, 6.07) is 6.85. The van der Waals surface area contributed by atoms with Crippen molar-refractivity contribution in [1.82, 2.24) is 10.2 Å². The van der Waals surface area contributed by atoms with E-state index in [-0.39, 0.29) is 5.91 Å². The minimum atomic E-state index is -0.185. The second kappa shape index (κ2) is 4.59. The minimum Gasteiger partial charge on any atom is -0.304 e. The molecule has 0 aliphatic rings. The predicted octanol–water partition coefficient (Wildman–Crippen LogP) is 2.75. The lowest BCUT2D eigenvalue weighted by Gasteiger charge is -2.00. The van der Waals surface area contributed by atoms with Crippen LogP contribution in [0.5, 0.6) is 0 Å². The van der Waals surface area contributed by atoms with Gasteiger partial charge in [-0.1, -0.05) is 11.6 Å². The Morgan fingerprint density at radius 3 is 2.69 bits per heavy atom. The van der Waals surface area contributed by atoms with Crippen LogP contribution in [0, 0.1) is 6.92 Å². The number of carbonyl (C=O) groups is 1. The SMILES string of the molecule is Cc1ccc(C(=O)Nc2ccc(Cl)nn2)s1. The standard InChI is InChI=1S/C10H8ClN3OS/c1-6-2-3-7(16-6)10(15)12-9-5-4-8(11)13-14-9/h2-5H,1H3,(H,12,14,15). The van der Waals surface area contributed by atoms with Crippen LogP contribution in [0.1, 0.15) is 14.5 Å². The van der Waals surface area contributed by atoms with Crippen LogP contribution in [0.3, 0.4) is 0 Å². The lowest BCUT2D eigenvalue weighted by Crippen LogP contribution is -2.11. The topological polar surface area (TPSA) is 54.9 Å². The molecule has 0 saturated heterocycles. The minimum absolute atomic E-state index is 0.185. The third kappa shape index (κ3) is 2.56. The molecule has 2 rings (SSSR count). The largest absolute Gasteiger partial charge is 0.304 e. The molecule has 0 fully saturated rings. The quantitative estimate of drug-likeness (QED) is 0.895. The Morgan fingerprint density at radius 2 is 2.12 bits per heavy atom. The summed E-state index contributed by atoms with van der Waals surface area (Å²) in [6.45, 7) is 1.95. The van der Waals surface area contributed by atoms with Gasteiger partial charge in [-0.3, -0.25) is 4.79 Å². The Labute approximate surface area is 101 Å². The average Bonchev–Trinajstić information content (AvgIpc) is 2.68. The van der Waals surface area contributed by atoms with Crippen LogP contribution in [0.4, 0.5) is 5.82 Å². The zero-order valence-electron chi connectivity index (χ0n) is 8.40. The average molecular weight is 254 g/mol. The molecule has 0 atom stereocenters. The molecule has 1 N–H and O–H groups in total. The van der Waals surface area contributed by atoms with Gasteiger partial charge in [0, 0.05) is 4.88 Å².